The van der Waals surface area contributed by atoms with Gasteiger partial charge in [-0.3, -0.25) is 9.59 Å². The number of thioether (sulfide) groups is 1. The summed E-state index contributed by atoms with van der Waals surface area (Å²) in [7, 11) is 0. The molecular weight excluding hydrogens is 308 g/mol. The van der Waals surface area contributed by atoms with E-state index in [4.69, 9.17) is 0 Å². The molecule has 0 spiro atoms. The van der Waals surface area contributed by atoms with Crippen LogP contribution in [0.4, 0.5) is 5.69 Å². The number of aryl methyl sites for hydroxylation is 2. The highest BCUT2D eigenvalue weighted by molar-refractivity contribution is 8.16. The van der Waals surface area contributed by atoms with Gasteiger partial charge in [-0.25, -0.2) is 0 Å². The second-order valence-corrected chi connectivity index (χ2v) is 6.48. The smallest absolute Gasteiger partial charge is 0.244 e. The van der Waals surface area contributed by atoms with E-state index in [-0.39, 0.29) is 11.7 Å². The third-order valence-electron chi connectivity index (χ3n) is 3.61. The molecule has 116 valence electrons. The lowest BCUT2D eigenvalue weighted by Crippen LogP contribution is -2.25. The zero-order valence-electron chi connectivity index (χ0n) is 13.2. The molecular formula is C18H16N2O2S. The third-order valence-corrected chi connectivity index (χ3v) is 4.65. The predicted octanol–water partition coefficient (Wildman–Crippen LogP) is 3.96. The molecule has 2 aromatic carbocycles. The Morgan fingerprint density at radius 1 is 1.13 bits per heavy atom. The van der Waals surface area contributed by atoms with Crippen LogP contribution < -0.4 is 5.01 Å². The molecule has 0 fully saturated rings. The molecule has 2 aromatic rings. The van der Waals surface area contributed by atoms with Crippen molar-refractivity contribution in [3.05, 3.63) is 59.2 Å². The maximum Gasteiger partial charge on any atom is 0.244 e. The van der Waals surface area contributed by atoms with Crippen molar-refractivity contribution in [3.63, 3.8) is 0 Å². The van der Waals surface area contributed by atoms with Gasteiger partial charge < -0.3 is 0 Å². The molecule has 0 aromatic heterocycles. The van der Waals surface area contributed by atoms with E-state index in [1.54, 1.807) is 6.07 Å². The summed E-state index contributed by atoms with van der Waals surface area (Å²) >= 11 is 1.30. The molecule has 4 nitrogen and oxygen atoms in total. The molecule has 1 aliphatic heterocycles. The average molecular weight is 324 g/mol. The molecule has 23 heavy (non-hydrogen) atoms. The van der Waals surface area contributed by atoms with Crippen molar-refractivity contribution in [1.29, 1.82) is 0 Å². The van der Waals surface area contributed by atoms with Crippen LogP contribution in [-0.4, -0.2) is 16.7 Å². The molecule has 0 unspecified atom stereocenters. The first-order valence-electron chi connectivity index (χ1n) is 7.25. The van der Waals surface area contributed by atoms with Crippen molar-refractivity contribution < 1.29 is 9.59 Å². The number of hydrogen-bond donors (Lipinski definition) is 0. The first-order valence-corrected chi connectivity index (χ1v) is 8.07. The number of fused-ring (bicyclic) bond motifs is 1. The number of benzene rings is 2. The van der Waals surface area contributed by atoms with Gasteiger partial charge in [-0.1, -0.05) is 36.0 Å². The Morgan fingerprint density at radius 3 is 2.57 bits per heavy atom. The summed E-state index contributed by atoms with van der Waals surface area (Å²) in [6, 6.07) is 13.2. The van der Waals surface area contributed by atoms with Crippen LogP contribution >= 0.6 is 11.8 Å². The first kappa shape index (κ1) is 15.5. The maximum absolute atomic E-state index is 12.4. The van der Waals surface area contributed by atoms with E-state index < -0.39 is 0 Å². The first-order chi connectivity index (χ1) is 11.0. The Bertz CT molecular complexity index is 843. The quantitative estimate of drug-likeness (QED) is 0.786. The summed E-state index contributed by atoms with van der Waals surface area (Å²) in [4.78, 5) is 25.4. The minimum Gasteiger partial charge on any atom is -0.286 e. The van der Waals surface area contributed by atoms with Crippen LogP contribution in [0.3, 0.4) is 0 Å². The van der Waals surface area contributed by atoms with Gasteiger partial charge >= 0.3 is 0 Å². The largest absolute Gasteiger partial charge is 0.286 e. The fourth-order valence-electron chi connectivity index (χ4n) is 2.41. The Labute approximate surface area is 139 Å². The number of Topliss-reactive ketones (excluding diaryl/α,β-unsaturated/α-hetero) is 1. The molecule has 0 radical (unpaired) electrons. The molecule has 0 aliphatic carbocycles. The van der Waals surface area contributed by atoms with Crippen molar-refractivity contribution in [3.8, 4) is 0 Å². The standard InChI is InChI=1S/C18H16N2O2S/c1-11-8-9-12(2)15(10-11)20(13(3)21)19-18-17(22)14-6-4-5-7-16(14)23-18/h4-10H,1-3H3. The van der Waals surface area contributed by atoms with E-state index in [2.05, 4.69) is 5.10 Å². The van der Waals surface area contributed by atoms with Gasteiger partial charge in [0.2, 0.25) is 11.7 Å². The Hall–Kier alpha value is -2.40. The van der Waals surface area contributed by atoms with Crippen molar-refractivity contribution in [2.75, 3.05) is 5.01 Å². The van der Waals surface area contributed by atoms with Crippen LogP contribution in [0, 0.1) is 13.8 Å². The van der Waals surface area contributed by atoms with Crippen LogP contribution in [0.5, 0.6) is 0 Å². The second-order valence-electron chi connectivity index (χ2n) is 5.45. The second kappa shape index (κ2) is 6.01. The van der Waals surface area contributed by atoms with Gasteiger partial charge in [0.1, 0.15) is 0 Å². The third kappa shape index (κ3) is 2.92. The summed E-state index contributed by atoms with van der Waals surface area (Å²) in [6.45, 7) is 5.33. The van der Waals surface area contributed by atoms with Crippen LogP contribution in [0.25, 0.3) is 0 Å². The fraction of sp³-hybridized carbons (Fsp3) is 0.167. The van der Waals surface area contributed by atoms with Crippen LogP contribution in [0.2, 0.25) is 0 Å². The molecule has 1 heterocycles. The number of anilines is 1. The van der Waals surface area contributed by atoms with E-state index in [1.165, 1.54) is 23.7 Å². The maximum atomic E-state index is 12.4. The summed E-state index contributed by atoms with van der Waals surface area (Å²) in [5.74, 6) is -0.363. The number of ketones is 1. The Balaban J connectivity index is 2.03. The van der Waals surface area contributed by atoms with Gasteiger partial charge in [0.15, 0.2) is 5.04 Å². The lowest BCUT2D eigenvalue weighted by molar-refractivity contribution is -0.116. The van der Waals surface area contributed by atoms with Crippen LogP contribution in [0.1, 0.15) is 28.4 Å². The summed E-state index contributed by atoms with van der Waals surface area (Å²) in [5.41, 5.74) is 3.31. The molecule has 3 rings (SSSR count). The average Bonchev–Trinajstić information content (AvgIpc) is 2.84. The molecule has 0 bridgehead atoms. The molecule has 0 saturated carbocycles. The van der Waals surface area contributed by atoms with Gasteiger partial charge in [0, 0.05) is 17.4 Å². The summed E-state index contributed by atoms with van der Waals surface area (Å²) < 4.78 is 0. The van der Waals surface area contributed by atoms with E-state index in [0.717, 1.165) is 16.0 Å². The number of amides is 1. The highest BCUT2D eigenvalue weighted by atomic mass is 32.2. The van der Waals surface area contributed by atoms with Gasteiger partial charge in [0.05, 0.1) is 5.69 Å². The topological polar surface area (TPSA) is 49.7 Å². The zero-order valence-corrected chi connectivity index (χ0v) is 14.0. The minimum absolute atomic E-state index is 0.137. The molecule has 0 N–H and O–H groups in total. The molecule has 0 atom stereocenters. The van der Waals surface area contributed by atoms with Gasteiger partial charge in [-0.15, -0.1) is 0 Å². The monoisotopic (exact) mass is 324 g/mol. The minimum atomic E-state index is -0.226. The van der Waals surface area contributed by atoms with Crippen molar-refractivity contribution in [1.82, 2.24) is 0 Å². The van der Waals surface area contributed by atoms with Gasteiger partial charge in [0.25, 0.3) is 0 Å². The van der Waals surface area contributed by atoms with Gasteiger partial charge in [-0.05, 0) is 43.2 Å². The number of carbonyl (C=O) groups is 2. The Morgan fingerprint density at radius 2 is 1.87 bits per heavy atom. The fourth-order valence-corrected chi connectivity index (χ4v) is 3.36. The van der Waals surface area contributed by atoms with E-state index in [9.17, 15) is 9.59 Å². The number of carbonyl (C=O) groups excluding carboxylic acids is 2. The predicted molar refractivity (Wildman–Crippen MR) is 93.1 cm³/mol. The molecule has 1 amide bonds. The van der Waals surface area contributed by atoms with E-state index >= 15 is 0 Å². The lowest BCUT2D eigenvalue weighted by Gasteiger charge is -2.18. The van der Waals surface area contributed by atoms with Crippen LogP contribution in [-0.2, 0) is 4.79 Å². The van der Waals surface area contributed by atoms with Crippen molar-refractivity contribution in [2.24, 2.45) is 5.10 Å². The highest BCUT2D eigenvalue weighted by Crippen LogP contribution is 2.34. The normalized spacial score (nSPS) is 14.9. The zero-order chi connectivity index (χ0) is 16.6. The Kier molecular flexibility index (Phi) is 4.05. The molecule has 0 saturated heterocycles. The number of nitrogens with zero attached hydrogens (tertiary/aromatic N) is 2. The molecule has 1 aliphatic rings. The summed E-state index contributed by atoms with van der Waals surface area (Å²) in [5, 5.41) is 5.99. The lowest BCUT2D eigenvalue weighted by atomic mass is 10.1. The van der Waals surface area contributed by atoms with Crippen molar-refractivity contribution >= 4 is 34.2 Å². The number of rotatable bonds is 2. The highest BCUT2D eigenvalue weighted by Gasteiger charge is 2.29. The number of hydrogen-bond acceptors (Lipinski definition) is 4. The van der Waals surface area contributed by atoms with Gasteiger partial charge in [-0.2, -0.15) is 10.1 Å². The summed E-state index contributed by atoms with van der Waals surface area (Å²) in [6.07, 6.45) is 0. The molecule has 5 heteroatoms. The van der Waals surface area contributed by atoms with Crippen molar-refractivity contribution in [2.45, 2.75) is 25.7 Å². The van der Waals surface area contributed by atoms with E-state index in [0.29, 0.717) is 16.3 Å². The van der Waals surface area contributed by atoms with E-state index in [1.807, 2.05) is 50.2 Å². The number of hydrazone groups is 1. The SMILES string of the molecule is CC(=O)N(N=C1Sc2ccccc2C1=O)c1cc(C)ccc1C. The van der Waals surface area contributed by atoms with Crippen LogP contribution in [0.15, 0.2) is 52.5 Å².